The summed E-state index contributed by atoms with van der Waals surface area (Å²) in [5.41, 5.74) is 0.357. The van der Waals surface area contributed by atoms with Crippen molar-refractivity contribution >= 4 is 21.4 Å². The van der Waals surface area contributed by atoms with Crippen LogP contribution in [0.4, 0.5) is 11.4 Å². The van der Waals surface area contributed by atoms with Gasteiger partial charge in [-0.1, -0.05) is 6.92 Å². The van der Waals surface area contributed by atoms with Gasteiger partial charge >= 0.3 is 0 Å². The molecule has 2 aliphatic rings. The number of nitrogens with zero attached hydrogens (tertiary/aromatic N) is 4. The van der Waals surface area contributed by atoms with Crippen LogP contribution < -0.4 is 4.90 Å². The molecule has 1 aromatic rings. The highest BCUT2D eigenvalue weighted by atomic mass is 32.2. The fourth-order valence-corrected chi connectivity index (χ4v) is 6.04. The molecule has 0 aromatic heterocycles. The molecule has 0 aliphatic carbocycles. The van der Waals surface area contributed by atoms with Crippen molar-refractivity contribution in [3.05, 3.63) is 28.3 Å². The minimum Gasteiger partial charge on any atom is -0.370 e. The number of anilines is 1. The maximum atomic E-state index is 13.2. The van der Waals surface area contributed by atoms with Gasteiger partial charge in [0.25, 0.3) is 5.69 Å². The lowest BCUT2D eigenvalue weighted by molar-refractivity contribution is -0.385. The number of piperidine rings is 1. The van der Waals surface area contributed by atoms with E-state index in [1.165, 1.54) is 16.4 Å². The average molecular weight is 397 g/mol. The normalized spacial score (nSPS) is 24.9. The van der Waals surface area contributed by atoms with E-state index < -0.39 is 14.9 Å². The highest BCUT2D eigenvalue weighted by Gasteiger charge is 2.35. The Bertz CT molecular complexity index is 808. The Morgan fingerprint density at radius 2 is 1.89 bits per heavy atom. The highest BCUT2D eigenvalue weighted by Crippen LogP contribution is 2.35. The monoisotopic (exact) mass is 396 g/mol. The summed E-state index contributed by atoms with van der Waals surface area (Å²) in [4.78, 5) is 15.0. The highest BCUT2D eigenvalue weighted by molar-refractivity contribution is 7.89. The zero-order valence-corrected chi connectivity index (χ0v) is 17.0. The predicted molar refractivity (Wildman–Crippen MR) is 105 cm³/mol. The fourth-order valence-electron chi connectivity index (χ4n) is 4.28. The number of likely N-dealkylation sites (tertiary alicyclic amines) is 1. The van der Waals surface area contributed by atoms with E-state index in [4.69, 9.17) is 0 Å². The first-order chi connectivity index (χ1) is 12.7. The van der Waals surface area contributed by atoms with E-state index in [2.05, 4.69) is 18.9 Å². The molecule has 3 rings (SSSR count). The quantitative estimate of drug-likeness (QED) is 0.560. The van der Waals surface area contributed by atoms with Gasteiger partial charge < -0.3 is 9.80 Å². The van der Waals surface area contributed by atoms with Gasteiger partial charge in [0.1, 0.15) is 4.90 Å². The number of non-ortho nitro benzene ring substituents is 1. The van der Waals surface area contributed by atoms with Crippen LogP contribution in [-0.4, -0.2) is 68.9 Å². The Kier molecular flexibility index (Phi) is 5.73. The summed E-state index contributed by atoms with van der Waals surface area (Å²) in [6.45, 7) is 4.99. The van der Waals surface area contributed by atoms with Crippen molar-refractivity contribution in [2.45, 2.75) is 37.1 Å². The van der Waals surface area contributed by atoms with Crippen LogP contribution in [0.25, 0.3) is 0 Å². The molecule has 9 heteroatoms. The van der Waals surface area contributed by atoms with Gasteiger partial charge in [-0.25, -0.2) is 8.42 Å². The van der Waals surface area contributed by atoms with Crippen LogP contribution in [0.3, 0.4) is 0 Å². The molecule has 8 nitrogen and oxygen atoms in total. The van der Waals surface area contributed by atoms with Crippen molar-refractivity contribution in [2.24, 2.45) is 5.92 Å². The van der Waals surface area contributed by atoms with Gasteiger partial charge in [-0.15, -0.1) is 0 Å². The van der Waals surface area contributed by atoms with E-state index in [1.54, 1.807) is 6.07 Å². The molecule has 2 atom stereocenters. The third kappa shape index (κ3) is 3.95. The summed E-state index contributed by atoms with van der Waals surface area (Å²) in [5, 5.41) is 11.3. The first-order valence-electron chi connectivity index (χ1n) is 9.42. The minimum absolute atomic E-state index is 0.0484. The van der Waals surface area contributed by atoms with E-state index in [1.807, 2.05) is 11.9 Å². The van der Waals surface area contributed by atoms with Gasteiger partial charge in [0, 0.05) is 44.9 Å². The molecule has 2 fully saturated rings. The largest absolute Gasteiger partial charge is 0.370 e. The van der Waals surface area contributed by atoms with Gasteiger partial charge in [0.15, 0.2) is 0 Å². The van der Waals surface area contributed by atoms with E-state index in [0.29, 0.717) is 24.7 Å². The maximum absolute atomic E-state index is 13.2. The Hall–Kier alpha value is -1.71. The number of sulfonamides is 1. The van der Waals surface area contributed by atoms with Gasteiger partial charge in [-0.3, -0.25) is 10.1 Å². The van der Waals surface area contributed by atoms with Crippen LogP contribution in [-0.2, 0) is 10.0 Å². The Morgan fingerprint density at radius 3 is 2.48 bits per heavy atom. The summed E-state index contributed by atoms with van der Waals surface area (Å²) >= 11 is 0. The first kappa shape index (κ1) is 20.0. The van der Waals surface area contributed by atoms with E-state index >= 15 is 0 Å². The van der Waals surface area contributed by atoms with Crippen LogP contribution in [0.1, 0.15) is 26.2 Å². The number of nitro groups is 1. The zero-order valence-electron chi connectivity index (χ0n) is 16.2. The fraction of sp³-hybridized carbons (Fsp3) is 0.667. The predicted octanol–water partition coefficient (Wildman–Crippen LogP) is 2.16. The second-order valence-corrected chi connectivity index (χ2v) is 9.63. The third-order valence-electron chi connectivity index (χ3n) is 5.78. The molecule has 2 heterocycles. The first-order valence-corrected chi connectivity index (χ1v) is 10.9. The van der Waals surface area contributed by atoms with E-state index in [-0.39, 0.29) is 16.6 Å². The van der Waals surface area contributed by atoms with Gasteiger partial charge in [0.2, 0.25) is 10.0 Å². The lowest BCUT2D eigenvalue weighted by Crippen LogP contribution is -2.48. The Labute approximate surface area is 160 Å². The SMILES string of the molecule is C[C@H]1CN(C)CC[C@@H]1N(C)c1ccc([N+](=O)[O-])cc1S(=O)(=O)N1CCCC1. The molecule has 0 N–H and O–H groups in total. The molecule has 2 saturated heterocycles. The molecule has 0 bridgehead atoms. The van der Waals surface area contributed by atoms with Crippen molar-refractivity contribution in [1.82, 2.24) is 9.21 Å². The summed E-state index contributed by atoms with van der Waals surface area (Å²) in [6, 6.07) is 4.40. The molecule has 0 unspecified atom stereocenters. The van der Waals surface area contributed by atoms with Gasteiger partial charge in [-0.05, 0) is 44.8 Å². The molecular formula is C18H28N4O4S. The molecule has 0 saturated carbocycles. The van der Waals surface area contributed by atoms with Crippen LogP contribution in [0.5, 0.6) is 0 Å². The topological polar surface area (TPSA) is 87.0 Å². The average Bonchev–Trinajstić information content (AvgIpc) is 3.16. The van der Waals surface area contributed by atoms with Crippen LogP contribution in [0, 0.1) is 16.0 Å². The zero-order chi connectivity index (χ0) is 19.8. The second kappa shape index (κ2) is 7.73. The van der Waals surface area contributed by atoms with Crippen LogP contribution in [0.2, 0.25) is 0 Å². The summed E-state index contributed by atoms with van der Waals surface area (Å²) < 4.78 is 27.9. The van der Waals surface area contributed by atoms with Crippen molar-refractivity contribution in [3.63, 3.8) is 0 Å². The lowest BCUT2D eigenvalue weighted by Gasteiger charge is -2.41. The number of hydrogen-bond acceptors (Lipinski definition) is 6. The van der Waals surface area contributed by atoms with Crippen LogP contribution >= 0.6 is 0 Å². The number of hydrogen-bond donors (Lipinski definition) is 0. The Balaban J connectivity index is 2.03. The molecule has 150 valence electrons. The van der Waals surface area contributed by atoms with Gasteiger partial charge in [0.05, 0.1) is 10.6 Å². The summed E-state index contributed by atoms with van der Waals surface area (Å²) in [7, 11) is 0.224. The molecule has 0 radical (unpaired) electrons. The van der Waals surface area contributed by atoms with E-state index in [9.17, 15) is 18.5 Å². The number of rotatable bonds is 5. The molecule has 0 spiro atoms. The second-order valence-electron chi connectivity index (χ2n) is 7.73. The van der Waals surface area contributed by atoms with E-state index in [0.717, 1.165) is 32.4 Å². The molecule has 0 amide bonds. The lowest BCUT2D eigenvalue weighted by atomic mass is 9.92. The van der Waals surface area contributed by atoms with Gasteiger partial charge in [-0.2, -0.15) is 4.31 Å². The number of benzene rings is 1. The smallest absolute Gasteiger partial charge is 0.270 e. The maximum Gasteiger partial charge on any atom is 0.270 e. The molecule has 2 aliphatic heterocycles. The Morgan fingerprint density at radius 1 is 1.22 bits per heavy atom. The van der Waals surface area contributed by atoms with Crippen molar-refractivity contribution < 1.29 is 13.3 Å². The van der Waals surface area contributed by atoms with Crippen molar-refractivity contribution in [3.8, 4) is 0 Å². The standard InChI is InChI=1S/C18H28N4O4S/c1-14-13-19(2)11-8-16(14)20(3)17-7-6-15(22(23)24)12-18(17)27(25,26)21-9-4-5-10-21/h6-7,12,14,16H,4-5,8-11,13H2,1-3H3/t14-,16-/m0/s1. The number of nitro benzene ring substituents is 1. The molecular weight excluding hydrogens is 368 g/mol. The summed E-state index contributed by atoms with van der Waals surface area (Å²) in [5.74, 6) is 0.367. The third-order valence-corrected chi connectivity index (χ3v) is 7.71. The summed E-state index contributed by atoms with van der Waals surface area (Å²) in [6.07, 6.45) is 2.57. The minimum atomic E-state index is -3.76. The van der Waals surface area contributed by atoms with Crippen LogP contribution in [0.15, 0.2) is 23.1 Å². The molecule has 27 heavy (non-hydrogen) atoms. The van der Waals surface area contributed by atoms with Crippen molar-refractivity contribution in [1.29, 1.82) is 0 Å². The van der Waals surface area contributed by atoms with Crippen molar-refractivity contribution in [2.75, 3.05) is 45.2 Å². The molecule has 1 aromatic carbocycles.